The van der Waals surface area contributed by atoms with Crippen LogP contribution in [0, 0.1) is 11.7 Å². The van der Waals surface area contributed by atoms with Gasteiger partial charge in [-0.05, 0) is 49.8 Å². The lowest BCUT2D eigenvalue weighted by atomic mass is 9.74. The van der Waals surface area contributed by atoms with Crippen LogP contribution in [-0.4, -0.2) is 52.0 Å². The molecule has 0 radical (unpaired) electrons. The number of benzene rings is 1. The van der Waals surface area contributed by atoms with E-state index in [-0.39, 0.29) is 17.3 Å². The fourth-order valence-electron chi connectivity index (χ4n) is 3.78. The number of aliphatic imine (C=N–C) groups is 1. The molecule has 1 unspecified atom stereocenters. The van der Waals surface area contributed by atoms with Crippen LogP contribution >= 0.6 is 0 Å². The zero-order valence-electron chi connectivity index (χ0n) is 17.8. The molecule has 1 aromatic carbocycles. The topological polar surface area (TPSA) is 54.9 Å². The van der Waals surface area contributed by atoms with Gasteiger partial charge in [0.15, 0.2) is 5.96 Å². The first-order valence-corrected chi connectivity index (χ1v) is 10.4. The van der Waals surface area contributed by atoms with E-state index in [0.717, 1.165) is 43.9 Å². The van der Waals surface area contributed by atoms with Crippen LogP contribution in [-0.2, 0) is 14.9 Å². The van der Waals surface area contributed by atoms with Crippen LogP contribution in [0.5, 0.6) is 0 Å². The summed E-state index contributed by atoms with van der Waals surface area (Å²) in [5, 5.41) is 6.84. The second kappa shape index (κ2) is 11.4. The maximum Gasteiger partial charge on any atom is 0.191 e. The number of ether oxygens (including phenoxy) is 2. The van der Waals surface area contributed by atoms with Gasteiger partial charge in [0, 0.05) is 45.4 Å². The highest BCUT2D eigenvalue weighted by Gasteiger charge is 2.35. The van der Waals surface area contributed by atoms with E-state index >= 15 is 0 Å². The van der Waals surface area contributed by atoms with Crippen LogP contribution < -0.4 is 10.6 Å². The normalized spacial score (nSPS) is 18.1. The molecule has 2 N–H and O–H groups in total. The molecule has 158 valence electrons. The Morgan fingerprint density at radius 1 is 1.29 bits per heavy atom. The minimum atomic E-state index is -0.193. The first-order chi connectivity index (χ1) is 13.5. The molecule has 1 heterocycles. The van der Waals surface area contributed by atoms with Gasteiger partial charge < -0.3 is 20.1 Å². The molecule has 2 rings (SSSR count). The number of rotatable bonds is 9. The van der Waals surface area contributed by atoms with Gasteiger partial charge in [-0.1, -0.05) is 26.0 Å². The van der Waals surface area contributed by atoms with Crippen LogP contribution in [0.4, 0.5) is 4.39 Å². The van der Waals surface area contributed by atoms with E-state index in [4.69, 9.17) is 9.47 Å². The van der Waals surface area contributed by atoms with Crippen LogP contribution in [0.1, 0.15) is 45.6 Å². The van der Waals surface area contributed by atoms with Crippen LogP contribution in [0.15, 0.2) is 29.3 Å². The lowest BCUT2D eigenvalue weighted by molar-refractivity contribution is 0.0258. The summed E-state index contributed by atoms with van der Waals surface area (Å²) in [5.74, 6) is 1.05. The Labute approximate surface area is 169 Å². The Morgan fingerprint density at radius 3 is 2.64 bits per heavy atom. The standard InChI is InChI=1S/C22H36FN3O2/c1-5-28-20(17(2)3)9-12-25-21(24-4)26-16-22(10-13-27-14-11-22)18-7-6-8-19(23)15-18/h6-8,15,17,20H,5,9-14,16H2,1-4H3,(H2,24,25,26). The Kier molecular flexibility index (Phi) is 9.19. The van der Waals surface area contributed by atoms with Crippen molar-refractivity contribution >= 4 is 5.96 Å². The molecule has 0 aliphatic carbocycles. The Morgan fingerprint density at radius 2 is 2.04 bits per heavy atom. The maximum atomic E-state index is 13.8. The quantitative estimate of drug-likeness (QED) is 0.498. The first-order valence-electron chi connectivity index (χ1n) is 10.4. The van der Waals surface area contributed by atoms with Gasteiger partial charge in [0.1, 0.15) is 5.82 Å². The van der Waals surface area contributed by atoms with Crippen LogP contribution in [0.2, 0.25) is 0 Å². The van der Waals surface area contributed by atoms with E-state index in [1.807, 2.05) is 13.0 Å². The number of hydrogen-bond donors (Lipinski definition) is 2. The summed E-state index contributed by atoms with van der Waals surface area (Å²) < 4.78 is 25.2. The van der Waals surface area contributed by atoms with Crippen molar-refractivity contribution in [2.24, 2.45) is 10.9 Å². The molecule has 0 saturated carbocycles. The number of hydrogen-bond acceptors (Lipinski definition) is 3. The third kappa shape index (κ3) is 6.45. The van der Waals surface area contributed by atoms with Crippen LogP contribution in [0.3, 0.4) is 0 Å². The monoisotopic (exact) mass is 393 g/mol. The second-order valence-corrected chi connectivity index (χ2v) is 7.78. The summed E-state index contributed by atoms with van der Waals surface area (Å²) in [4.78, 5) is 4.35. The molecule has 1 atom stereocenters. The molecule has 1 aliphatic heterocycles. The molecule has 1 fully saturated rings. The fourth-order valence-corrected chi connectivity index (χ4v) is 3.78. The lowest BCUT2D eigenvalue weighted by Gasteiger charge is -2.38. The van der Waals surface area contributed by atoms with Gasteiger partial charge in [-0.25, -0.2) is 4.39 Å². The molecule has 0 amide bonds. The zero-order chi connectivity index (χ0) is 20.4. The van der Waals surface area contributed by atoms with Crippen molar-refractivity contribution < 1.29 is 13.9 Å². The molecule has 28 heavy (non-hydrogen) atoms. The molecule has 1 aliphatic rings. The van der Waals surface area contributed by atoms with E-state index in [1.54, 1.807) is 19.2 Å². The third-order valence-electron chi connectivity index (χ3n) is 5.55. The molecule has 0 aromatic heterocycles. The molecule has 1 saturated heterocycles. The van der Waals surface area contributed by atoms with E-state index in [1.165, 1.54) is 6.07 Å². The third-order valence-corrected chi connectivity index (χ3v) is 5.55. The lowest BCUT2D eigenvalue weighted by Crippen LogP contribution is -2.48. The Balaban J connectivity index is 1.95. The highest BCUT2D eigenvalue weighted by Crippen LogP contribution is 2.34. The number of nitrogens with zero attached hydrogens (tertiary/aromatic N) is 1. The largest absolute Gasteiger partial charge is 0.381 e. The van der Waals surface area contributed by atoms with Gasteiger partial charge in [-0.15, -0.1) is 0 Å². The highest BCUT2D eigenvalue weighted by atomic mass is 19.1. The van der Waals surface area contributed by atoms with E-state index < -0.39 is 0 Å². The Hall–Kier alpha value is -1.66. The predicted octanol–water partition coefficient (Wildman–Crippen LogP) is 3.49. The van der Waals surface area contributed by atoms with Gasteiger partial charge in [0.05, 0.1) is 6.10 Å². The van der Waals surface area contributed by atoms with E-state index in [2.05, 4.69) is 29.5 Å². The average molecular weight is 394 g/mol. The van der Waals surface area contributed by atoms with Crippen molar-refractivity contribution in [2.75, 3.05) is 40.0 Å². The van der Waals surface area contributed by atoms with E-state index in [9.17, 15) is 4.39 Å². The minimum Gasteiger partial charge on any atom is -0.381 e. The molecule has 6 heteroatoms. The van der Waals surface area contributed by atoms with Gasteiger partial charge in [0.25, 0.3) is 0 Å². The van der Waals surface area contributed by atoms with Crippen molar-refractivity contribution in [1.29, 1.82) is 0 Å². The average Bonchev–Trinajstić information content (AvgIpc) is 2.70. The second-order valence-electron chi connectivity index (χ2n) is 7.78. The highest BCUT2D eigenvalue weighted by molar-refractivity contribution is 5.79. The SMILES string of the molecule is CCOC(CCNC(=NC)NCC1(c2cccc(F)c2)CCOCC1)C(C)C. The summed E-state index contributed by atoms with van der Waals surface area (Å²) in [6, 6.07) is 6.95. The van der Waals surface area contributed by atoms with Crippen molar-refractivity contribution in [3.63, 3.8) is 0 Å². The summed E-state index contributed by atoms with van der Waals surface area (Å²) in [5.41, 5.74) is 0.874. The molecule has 5 nitrogen and oxygen atoms in total. The summed E-state index contributed by atoms with van der Waals surface area (Å²) in [7, 11) is 1.77. The summed E-state index contributed by atoms with van der Waals surface area (Å²) >= 11 is 0. The van der Waals surface area contributed by atoms with Crippen molar-refractivity contribution in [3.05, 3.63) is 35.6 Å². The molecule has 0 spiro atoms. The maximum absolute atomic E-state index is 13.8. The zero-order valence-corrected chi connectivity index (χ0v) is 17.8. The smallest absolute Gasteiger partial charge is 0.191 e. The number of nitrogens with one attached hydrogen (secondary N) is 2. The first kappa shape index (κ1) is 22.6. The fraction of sp³-hybridized carbons (Fsp3) is 0.682. The number of guanidine groups is 1. The molecule has 0 bridgehead atoms. The van der Waals surface area contributed by atoms with Crippen molar-refractivity contribution in [3.8, 4) is 0 Å². The predicted molar refractivity (Wildman–Crippen MR) is 112 cm³/mol. The summed E-state index contributed by atoms with van der Waals surface area (Å²) in [6.45, 7) is 9.99. The van der Waals surface area contributed by atoms with E-state index in [0.29, 0.717) is 25.7 Å². The Bertz CT molecular complexity index is 616. The van der Waals surface area contributed by atoms with Gasteiger partial charge in [-0.3, -0.25) is 4.99 Å². The summed E-state index contributed by atoms with van der Waals surface area (Å²) in [6.07, 6.45) is 2.89. The molecular formula is C22H36FN3O2. The minimum absolute atomic E-state index is 0.149. The van der Waals surface area contributed by atoms with Crippen LogP contribution in [0.25, 0.3) is 0 Å². The molecule has 1 aromatic rings. The van der Waals surface area contributed by atoms with Gasteiger partial charge >= 0.3 is 0 Å². The van der Waals surface area contributed by atoms with Crippen molar-refractivity contribution in [2.45, 2.75) is 51.6 Å². The van der Waals surface area contributed by atoms with Crippen molar-refractivity contribution in [1.82, 2.24) is 10.6 Å². The molecular weight excluding hydrogens is 357 g/mol. The van der Waals surface area contributed by atoms with Gasteiger partial charge in [-0.2, -0.15) is 0 Å². The number of halogens is 1. The van der Waals surface area contributed by atoms with Gasteiger partial charge in [0.2, 0.25) is 0 Å².